The minimum atomic E-state index is -0.979. The fraction of sp³-hybridized carbons (Fsp3) is 0.312. The van der Waals surface area contributed by atoms with Crippen LogP contribution >= 0.6 is 0 Å². The number of carboxylic acids is 1. The Labute approximate surface area is 123 Å². The van der Waals surface area contributed by atoms with Gasteiger partial charge in [-0.1, -0.05) is 0 Å². The van der Waals surface area contributed by atoms with Gasteiger partial charge in [-0.3, -0.25) is 0 Å². The topological polar surface area (TPSA) is 71.7 Å². The first-order valence-electron chi connectivity index (χ1n) is 6.67. The summed E-state index contributed by atoms with van der Waals surface area (Å²) in [6.07, 6.45) is 0. The second kappa shape index (κ2) is 5.91. The van der Waals surface area contributed by atoms with Crippen molar-refractivity contribution >= 4 is 11.7 Å². The Morgan fingerprint density at radius 3 is 2.57 bits per heavy atom. The number of hydrogen-bond acceptors (Lipinski definition) is 4. The van der Waals surface area contributed by atoms with Gasteiger partial charge in [0.15, 0.2) is 0 Å². The van der Waals surface area contributed by atoms with Gasteiger partial charge in [-0.2, -0.15) is 0 Å². The molecule has 1 atom stereocenters. The van der Waals surface area contributed by atoms with Crippen molar-refractivity contribution in [3.63, 3.8) is 0 Å². The number of aromatic carboxylic acids is 1. The number of rotatable bonds is 5. The zero-order chi connectivity index (χ0) is 15.6. The molecule has 0 aliphatic rings. The van der Waals surface area contributed by atoms with E-state index in [-0.39, 0.29) is 11.6 Å². The first-order valence-corrected chi connectivity index (χ1v) is 6.67. The van der Waals surface area contributed by atoms with E-state index in [1.807, 2.05) is 26.8 Å². The summed E-state index contributed by atoms with van der Waals surface area (Å²) in [7, 11) is 1.55. The molecule has 2 rings (SSSR count). The van der Waals surface area contributed by atoms with Crippen LogP contribution in [0.25, 0.3) is 0 Å². The molecule has 1 heterocycles. The molecule has 0 saturated heterocycles. The third-order valence-corrected chi connectivity index (χ3v) is 3.38. The molecule has 1 aromatic heterocycles. The molecule has 0 bridgehead atoms. The van der Waals surface area contributed by atoms with Gasteiger partial charge in [0.2, 0.25) is 0 Å². The largest absolute Gasteiger partial charge is 0.497 e. The van der Waals surface area contributed by atoms with Gasteiger partial charge < -0.3 is 19.6 Å². The number of nitrogens with one attached hydrogen (secondary N) is 1. The monoisotopic (exact) mass is 289 g/mol. The molecule has 0 saturated carbocycles. The molecule has 2 aromatic rings. The number of ether oxygens (including phenoxy) is 1. The van der Waals surface area contributed by atoms with Crippen molar-refractivity contribution in [1.29, 1.82) is 0 Å². The lowest BCUT2D eigenvalue weighted by Crippen LogP contribution is -2.11. The lowest BCUT2D eigenvalue weighted by molar-refractivity contribution is 0.0698. The molecule has 112 valence electrons. The molecule has 1 unspecified atom stereocenters. The highest BCUT2D eigenvalue weighted by molar-refractivity contribution is 5.94. The lowest BCUT2D eigenvalue weighted by atomic mass is 10.1. The molecule has 0 aliphatic carbocycles. The molecule has 5 nitrogen and oxygen atoms in total. The van der Waals surface area contributed by atoms with Gasteiger partial charge in [0.25, 0.3) is 0 Å². The molecule has 2 N–H and O–H groups in total. The fourth-order valence-corrected chi connectivity index (χ4v) is 2.35. The van der Waals surface area contributed by atoms with Gasteiger partial charge in [0, 0.05) is 11.6 Å². The van der Waals surface area contributed by atoms with Crippen molar-refractivity contribution in [2.75, 3.05) is 12.4 Å². The second-order valence-corrected chi connectivity index (χ2v) is 4.95. The standard InChI is InChI=1S/C16H19NO4/c1-9-7-14(11(3)21-9)10(2)17-15-8-12(20-4)5-6-13(15)16(18)19/h5-8,10,17H,1-4H3,(H,18,19). The molecule has 0 radical (unpaired) electrons. The van der Waals surface area contributed by atoms with Crippen LogP contribution in [0.2, 0.25) is 0 Å². The normalized spacial score (nSPS) is 12.0. The molecule has 1 aromatic carbocycles. The minimum Gasteiger partial charge on any atom is -0.497 e. The summed E-state index contributed by atoms with van der Waals surface area (Å²) in [4.78, 5) is 11.3. The molecular formula is C16H19NO4. The van der Waals surface area contributed by atoms with Crippen LogP contribution < -0.4 is 10.1 Å². The highest BCUT2D eigenvalue weighted by Crippen LogP contribution is 2.29. The van der Waals surface area contributed by atoms with Crippen LogP contribution in [0.5, 0.6) is 5.75 Å². The van der Waals surface area contributed by atoms with Crippen molar-refractivity contribution in [3.05, 3.63) is 46.9 Å². The highest BCUT2D eigenvalue weighted by Gasteiger charge is 2.17. The number of hydrogen-bond donors (Lipinski definition) is 2. The van der Waals surface area contributed by atoms with E-state index in [4.69, 9.17) is 9.15 Å². The van der Waals surface area contributed by atoms with E-state index in [1.54, 1.807) is 19.2 Å². The Morgan fingerprint density at radius 1 is 1.33 bits per heavy atom. The van der Waals surface area contributed by atoms with Gasteiger partial charge in [0.05, 0.1) is 24.4 Å². The number of anilines is 1. The number of furan rings is 1. The summed E-state index contributed by atoms with van der Waals surface area (Å²) < 4.78 is 10.7. The maximum absolute atomic E-state index is 11.3. The Kier molecular flexibility index (Phi) is 4.21. The number of carboxylic acid groups (broad SMARTS) is 1. The van der Waals surface area contributed by atoms with E-state index in [0.717, 1.165) is 17.1 Å². The summed E-state index contributed by atoms with van der Waals surface area (Å²) in [6.45, 7) is 5.74. The van der Waals surface area contributed by atoms with E-state index in [1.165, 1.54) is 6.07 Å². The van der Waals surface area contributed by atoms with Crippen molar-refractivity contribution < 1.29 is 19.1 Å². The molecule has 21 heavy (non-hydrogen) atoms. The second-order valence-electron chi connectivity index (χ2n) is 4.95. The van der Waals surface area contributed by atoms with Gasteiger partial charge in [0.1, 0.15) is 17.3 Å². The maximum Gasteiger partial charge on any atom is 0.337 e. The summed E-state index contributed by atoms with van der Waals surface area (Å²) in [6, 6.07) is 6.72. The van der Waals surface area contributed by atoms with Gasteiger partial charge in [-0.15, -0.1) is 0 Å². The summed E-state index contributed by atoms with van der Waals surface area (Å²) in [5.41, 5.74) is 1.74. The number of methoxy groups -OCH3 is 1. The number of benzene rings is 1. The van der Waals surface area contributed by atoms with E-state index in [2.05, 4.69) is 5.32 Å². The first kappa shape index (κ1) is 15.0. The van der Waals surface area contributed by atoms with Crippen LogP contribution in [0.4, 0.5) is 5.69 Å². The minimum absolute atomic E-state index is 0.0762. The number of carbonyl (C=O) groups is 1. The van der Waals surface area contributed by atoms with Crippen molar-refractivity contribution in [1.82, 2.24) is 0 Å². The summed E-state index contributed by atoms with van der Waals surface area (Å²) >= 11 is 0. The maximum atomic E-state index is 11.3. The van der Waals surface area contributed by atoms with Crippen LogP contribution in [0.15, 0.2) is 28.7 Å². The molecule has 0 spiro atoms. The van der Waals surface area contributed by atoms with Crippen LogP contribution in [0, 0.1) is 13.8 Å². The third kappa shape index (κ3) is 3.18. The fourth-order valence-electron chi connectivity index (χ4n) is 2.35. The van der Waals surface area contributed by atoms with Crippen LogP contribution in [-0.2, 0) is 0 Å². The average molecular weight is 289 g/mol. The van der Waals surface area contributed by atoms with Gasteiger partial charge in [-0.05, 0) is 39.0 Å². The van der Waals surface area contributed by atoms with Gasteiger partial charge >= 0.3 is 5.97 Å². The smallest absolute Gasteiger partial charge is 0.337 e. The van der Waals surface area contributed by atoms with Crippen molar-refractivity contribution in [2.24, 2.45) is 0 Å². The summed E-state index contributed by atoms with van der Waals surface area (Å²) in [5, 5.41) is 12.5. The highest BCUT2D eigenvalue weighted by atomic mass is 16.5. The predicted molar refractivity (Wildman–Crippen MR) is 80.2 cm³/mol. The van der Waals surface area contributed by atoms with E-state index in [9.17, 15) is 9.90 Å². The zero-order valence-electron chi connectivity index (χ0n) is 12.6. The predicted octanol–water partition coefficient (Wildman–Crippen LogP) is 3.78. The van der Waals surface area contributed by atoms with Crippen molar-refractivity contribution in [2.45, 2.75) is 26.8 Å². The SMILES string of the molecule is COc1ccc(C(=O)O)c(NC(C)c2cc(C)oc2C)c1. The van der Waals surface area contributed by atoms with E-state index in [0.29, 0.717) is 11.4 Å². The van der Waals surface area contributed by atoms with Crippen LogP contribution in [0.1, 0.15) is 40.4 Å². The molecule has 5 heteroatoms. The van der Waals surface area contributed by atoms with Crippen LogP contribution in [0.3, 0.4) is 0 Å². The Hall–Kier alpha value is -2.43. The Balaban J connectivity index is 2.33. The van der Waals surface area contributed by atoms with Crippen molar-refractivity contribution in [3.8, 4) is 5.75 Å². The van der Waals surface area contributed by atoms with Gasteiger partial charge in [-0.25, -0.2) is 4.79 Å². The van der Waals surface area contributed by atoms with Crippen LogP contribution in [-0.4, -0.2) is 18.2 Å². The molecule has 0 amide bonds. The summed E-state index contributed by atoms with van der Waals surface area (Å²) in [5.74, 6) is 1.29. The lowest BCUT2D eigenvalue weighted by Gasteiger charge is -2.17. The Morgan fingerprint density at radius 2 is 2.05 bits per heavy atom. The Bertz CT molecular complexity index is 660. The molecular weight excluding hydrogens is 270 g/mol. The van der Waals surface area contributed by atoms with E-state index >= 15 is 0 Å². The third-order valence-electron chi connectivity index (χ3n) is 3.38. The zero-order valence-corrected chi connectivity index (χ0v) is 12.6. The number of aryl methyl sites for hydroxylation is 2. The molecule has 0 fully saturated rings. The average Bonchev–Trinajstić information content (AvgIpc) is 2.77. The first-order chi connectivity index (χ1) is 9.92. The quantitative estimate of drug-likeness (QED) is 0.876. The van der Waals surface area contributed by atoms with E-state index < -0.39 is 5.97 Å². The molecule has 0 aliphatic heterocycles.